The maximum Gasteiger partial charge on any atom is 0.123 e. The van der Waals surface area contributed by atoms with Gasteiger partial charge in [-0.25, -0.2) is 4.39 Å². The lowest BCUT2D eigenvalue weighted by molar-refractivity contribution is -0.100. The summed E-state index contributed by atoms with van der Waals surface area (Å²) < 4.78 is 13.5. The SMILES string of the molecule is CC(C)C1CCC(CN)(C(C)(O)c2cccc(F)c2)CC1. The molecular formula is C18H28FNO. The first-order valence-electron chi connectivity index (χ1n) is 8.01. The van der Waals surface area contributed by atoms with Crippen molar-refractivity contribution in [3.63, 3.8) is 0 Å². The standard InChI is InChI=1S/C18H28FNO/c1-13(2)14-7-9-18(12-20,10-8-14)17(3,21)15-5-4-6-16(19)11-15/h4-6,11,13-14,21H,7-10,12,20H2,1-3H3. The molecule has 118 valence electrons. The van der Waals surface area contributed by atoms with Crippen LogP contribution < -0.4 is 5.73 Å². The quantitative estimate of drug-likeness (QED) is 0.886. The van der Waals surface area contributed by atoms with Crippen molar-refractivity contribution in [3.05, 3.63) is 35.6 Å². The predicted octanol–water partition coefficient (Wildman–Crippen LogP) is 3.82. The van der Waals surface area contributed by atoms with Crippen LogP contribution in [0.2, 0.25) is 0 Å². The average molecular weight is 293 g/mol. The molecule has 0 aromatic heterocycles. The van der Waals surface area contributed by atoms with Crippen LogP contribution in [-0.4, -0.2) is 11.7 Å². The van der Waals surface area contributed by atoms with Crippen molar-refractivity contribution < 1.29 is 9.50 Å². The van der Waals surface area contributed by atoms with Crippen LogP contribution in [0, 0.1) is 23.1 Å². The highest BCUT2D eigenvalue weighted by Gasteiger charge is 2.49. The summed E-state index contributed by atoms with van der Waals surface area (Å²) in [4.78, 5) is 0. The molecule has 0 amide bonds. The zero-order valence-corrected chi connectivity index (χ0v) is 13.4. The van der Waals surface area contributed by atoms with Crippen LogP contribution in [0.5, 0.6) is 0 Å². The Morgan fingerprint density at radius 1 is 1.38 bits per heavy atom. The van der Waals surface area contributed by atoms with E-state index < -0.39 is 5.60 Å². The highest BCUT2D eigenvalue weighted by Crippen LogP contribution is 2.51. The van der Waals surface area contributed by atoms with Crippen LogP contribution >= 0.6 is 0 Å². The van der Waals surface area contributed by atoms with Crippen LogP contribution in [-0.2, 0) is 5.60 Å². The zero-order chi connectivity index (χ0) is 15.7. The minimum atomic E-state index is -1.09. The fourth-order valence-corrected chi connectivity index (χ4v) is 3.85. The van der Waals surface area contributed by atoms with Gasteiger partial charge in [-0.05, 0) is 62.1 Å². The van der Waals surface area contributed by atoms with E-state index in [1.54, 1.807) is 19.1 Å². The molecule has 1 aliphatic carbocycles. The highest BCUT2D eigenvalue weighted by molar-refractivity contribution is 5.26. The predicted molar refractivity (Wildman–Crippen MR) is 84.3 cm³/mol. The molecule has 3 N–H and O–H groups in total. The second-order valence-electron chi connectivity index (χ2n) is 7.15. The van der Waals surface area contributed by atoms with E-state index in [2.05, 4.69) is 13.8 Å². The van der Waals surface area contributed by atoms with Crippen LogP contribution in [0.1, 0.15) is 52.0 Å². The lowest BCUT2D eigenvalue weighted by Gasteiger charge is -2.49. The molecule has 1 fully saturated rings. The molecule has 1 saturated carbocycles. The maximum absolute atomic E-state index is 13.5. The van der Waals surface area contributed by atoms with Crippen molar-refractivity contribution in [2.75, 3.05) is 6.54 Å². The van der Waals surface area contributed by atoms with Gasteiger partial charge in [0.15, 0.2) is 0 Å². The van der Waals surface area contributed by atoms with Crippen molar-refractivity contribution in [1.82, 2.24) is 0 Å². The van der Waals surface area contributed by atoms with E-state index in [4.69, 9.17) is 5.73 Å². The first-order valence-corrected chi connectivity index (χ1v) is 8.01. The number of rotatable bonds is 4. The Morgan fingerprint density at radius 3 is 2.48 bits per heavy atom. The summed E-state index contributed by atoms with van der Waals surface area (Å²) in [6, 6.07) is 6.30. The first-order chi connectivity index (χ1) is 9.82. The van der Waals surface area contributed by atoms with Crippen molar-refractivity contribution in [1.29, 1.82) is 0 Å². The van der Waals surface area contributed by atoms with Crippen molar-refractivity contribution in [2.24, 2.45) is 23.0 Å². The lowest BCUT2D eigenvalue weighted by Crippen LogP contribution is -2.51. The second-order valence-corrected chi connectivity index (χ2v) is 7.15. The van der Waals surface area contributed by atoms with Crippen molar-refractivity contribution in [3.8, 4) is 0 Å². The number of hydrogen-bond acceptors (Lipinski definition) is 2. The van der Waals surface area contributed by atoms with Gasteiger partial charge < -0.3 is 10.8 Å². The van der Waals surface area contributed by atoms with Crippen LogP contribution in [0.15, 0.2) is 24.3 Å². The van der Waals surface area contributed by atoms with E-state index in [1.165, 1.54) is 12.1 Å². The van der Waals surface area contributed by atoms with Crippen LogP contribution in [0.25, 0.3) is 0 Å². The van der Waals surface area contributed by atoms with Gasteiger partial charge in [0.2, 0.25) is 0 Å². The van der Waals surface area contributed by atoms with Gasteiger partial charge in [0.05, 0.1) is 5.60 Å². The molecule has 0 bridgehead atoms. The summed E-state index contributed by atoms with van der Waals surface area (Å²) in [5.74, 6) is 1.06. The van der Waals surface area contributed by atoms with Crippen LogP contribution in [0.3, 0.4) is 0 Å². The number of aliphatic hydroxyl groups is 1. The van der Waals surface area contributed by atoms with E-state index in [1.807, 2.05) is 0 Å². The van der Waals surface area contributed by atoms with Gasteiger partial charge in [0.1, 0.15) is 5.82 Å². The van der Waals surface area contributed by atoms with Gasteiger partial charge in [0.25, 0.3) is 0 Å². The largest absolute Gasteiger partial charge is 0.385 e. The Morgan fingerprint density at radius 2 is 2.00 bits per heavy atom. The third kappa shape index (κ3) is 3.00. The molecule has 1 aromatic rings. The number of halogens is 1. The molecule has 0 aliphatic heterocycles. The van der Waals surface area contributed by atoms with Gasteiger partial charge in [-0.2, -0.15) is 0 Å². The van der Waals surface area contributed by atoms with Gasteiger partial charge in [-0.15, -0.1) is 0 Å². The maximum atomic E-state index is 13.5. The Hall–Kier alpha value is -0.930. The molecule has 3 heteroatoms. The highest BCUT2D eigenvalue weighted by atomic mass is 19.1. The number of nitrogens with two attached hydrogens (primary N) is 1. The summed E-state index contributed by atoms with van der Waals surface area (Å²) in [6.07, 6.45) is 3.96. The minimum absolute atomic E-state index is 0.309. The van der Waals surface area contributed by atoms with Crippen molar-refractivity contribution >= 4 is 0 Å². The minimum Gasteiger partial charge on any atom is -0.385 e. The summed E-state index contributed by atoms with van der Waals surface area (Å²) >= 11 is 0. The van der Waals surface area contributed by atoms with Gasteiger partial charge in [-0.3, -0.25) is 0 Å². The summed E-state index contributed by atoms with van der Waals surface area (Å²) in [6.45, 7) is 6.74. The normalized spacial score (nSPS) is 29.4. The van der Waals surface area contributed by atoms with E-state index in [-0.39, 0.29) is 11.2 Å². The molecule has 1 atom stereocenters. The molecule has 0 saturated heterocycles. The fourth-order valence-electron chi connectivity index (χ4n) is 3.85. The van der Waals surface area contributed by atoms with E-state index in [0.29, 0.717) is 23.9 Å². The Labute approximate surface area is 127 Å². The van der Waals surface area contributed by atoms with Crippen LogP contribution in [0.4, 0.5) is 4.39 Å². The molecular weight excluding hydrogens is 265 g/mol. The third-order valence-electron chi connectivity index (χ3n) is 5.74. The molecule has 0 spiro atoms. The fraction of sp³-hybridized carbons (Fsp3) is 0.667. The Balaban J connectivity index is 2.28. The zero-order valence-electron chi connectivity index (χ0n) is 13.4. The Bertz CT molecular complexity index is 476. The molecule has 2 rings (SSSR count). The number of benzene rings is 1. The lowest BCUT2D eigenvalue weighted by atomic mass is 9.59. The van der Waals surface area contributed by atoms with Crippen molar-refractivity contribution in [2.45, 2.75) is 52.1 Å². The molecule has 2 nitrogen and oxygen atoms in total. The third-order valence-corrected chi connectivity index (χ3v) is 5.74. The smallest absolute Gasteiger partial charge is 0.123 e. The molecule has 21 heavy (non-hydrogen) atoms. The topological polar surface area (TPSA) is 46.2 Å². The number of hydrogen-bond donors (Lipinski definition) is 2. The molecule has 0 heterocycles. The van der Waals surface area contributed by atoms with E-state index in [0.717, 1.165) is 25.7 Å². The van der Waals surface area contributed by atoms with Gasteiger partial charge >= 0.3 is 0 Å². The van der Waals surface area contributed by atoms with Gasteiger partial charge in [-0.1, -0.05) is 26.0 Å². The van der Waals surface area contributed by atoms with Gasteiger partial charge in [0, 0.05) is 12.0 Å². The Kier molecular flexibility index (Phi) is 4.74. The summed E-state index contributed by atoms with van der Waals surface area (Å²) in [7, 11) is 0. The molecule has 0 radical (unpaired) electrons. The van der Waals surface area contributed by atoms with E-state index in [9.17, 15) is 9.50 Å². The molecule has 1 aliphatic rings. The molecule has 1 aromatic carbocycles. The van der Waals surface area contributed by atoms with E-state index >= 15 is 0 Å². The summed E-state index contributed by atoms with van der Waals surface area (Å²) in [5, 5.41) is 11.2. The first kappa shape index (κ1) is 16.4. The summed E-state index contributed by atoms with van der Waals surface area (Å²) in [5.41, 5.74) is 5.26. The second kappa shape index (κ2) is 6.05. The monoisotopic (exact) mass is 293 g/mol. The average Bonchev–Trinajstić information content (AvgIpc) is 2.47. The molecule has 1 unspecified atom stereocenters.